The quantitative estimate of drug-likeness (QED) is 0.567. The lowest BCUT2D eigenvalue weighted by atomic mass is 10.1. The van der Waals surface area contributed by atoms with Crippen LogP contribution in [0.2, 0.25) is 0 Å². The molecule has 2 aromatic carbocycles. The Morgan fingerprint density at radius 2 is 1.77 bits per heavy atom. The molecule has 0 unspecified atom stereocenters. The summed E-state index contributed by atoms with van der Waals surface area (Å²) in [5.41, 5.74) is 1.63. The number of carbonyl (C=O) groups excluding carboxylic acids is 2. The highest BCUT2D eigenvalue weighted by atomic mass is 16.5. The molecule has 2 aromatic rings. The van der Waals surface area contributed by atoms with Crippen LogP contribution in [-0.4, -0.2) is 25.1 Å². The molecule has 5 nitrogen and oxygen atoms in total. The van der Waals surface area contributed by atoms with Crippen LogP contribution in [0.25, 0.3) is 6.08 Å². The van der Waals surface area contributed by atoms with Crippen LogP contribution in [0.15, 0.2) is 54.6 Å². The van der Waals surface area contributed by atoms with E-state index in [0.29, 0.717) is 17.9 Å². The normalized spacial score (nSPS) is 10.5. The number of rotatable bonds is 8. The molecule has 0 fully saturated rings. The van der Waals surface area contributed by atoms with Gasteiger partial charge in [0, 0.05) is 6.08 Å². The lowest BCUT2D eigenvalue weighted by Crippen LogP contribution is -2.13. The molecule has 0 bridgehead atoms. The van der Waals surface area contributed by atoms with Crippen LogP contribution in [0.1, 0.15) is 36.2 Å². The molecule has 1 N–H and O–H groups in total. The summed E-state index contributed by atoms with van der Waals surface area (Å²) >= 11 is 0. The molecule has 136 valence electrons. The highest BCUT2D eigenvalue weighted by molar-refractivity contribution is 6.06. The van der Waals surface area contributed by atoms with Crippen LogP contribution < -0.4 is 10.1 Å². The maximum atomic E-state index is 12.2. The Balaban J connectivity index is 2.00. The molecule has 5 heteroatoms. The number of amides is 1. The molecule has 0 aliphatic carbocycles. The van der Waals surface area contributed by atoms with Gasteiger partial charge in [-0.25, -0.2) is 4.79 Å². The van der Waals surface area contributed by atoms with Crippen molar-refractivity contribution in [3.8, 4) is 5.75 Å². The minimum atomic E-state index is -0.463. The first-order valence-corrected chi connectivity index (χ1v) is 8.62. The van der Waals surface area contributed by atoms with Crippen molar-refractivity contribution >= 4 is 23.6 Å². The van der Waals surface area contributed by atoms with E-state index in [1.54, 1.807) is 37.3 Å². The number of benzene rings is 2. The number of para-hydroxylation sites is 1. The zero-order valence-corrected chi connectivity index (χ0v) is 15.0. The van der Waals surface area contributed by atoms with Gasteiger partial charge in [0.1, 0.15) is 5.75 Å². The van der Waals surface area contributed by atoms with Gasteiger partial charge in [-0.15, -0.1) is 0 Å². The molecule has 0 aliphatic heterocycles. The highest BCUT2D eigenvalue weighted by Crippen LogP contribution is 2.17. The van der Waals surface area contributed by atoms with Gasteiger partial charge < -0.3 is 14.8 Å². The van der Waals surface area contributed by atoms with Crippen LogP contribution in [0.4, 0.5) is 5.69 Å². The molecule has 0 saturated heterocycles. The van der Waals surface area contributed by atoms with Crippen molar-refractivity contribution in [2.24, 2.45) is 0 Å². The lowest BCUT2D eigenvalue weighted by molar-refractivity contribution is -0.111. The number of hydrogen-bond donors (Lipinski definition) is 1. The van der Waals surface area contributed by atoms with E-state index in [9.17, 15) is 9.59 Å². The Morgan fingerprint density at radius 1 is 1.04 bits per heavy atom. The minimum Gasteiger partial charge on any atom is -0.494 e. The predicted molar refractivity (Wildman–Crippen MR) is 102 cm³/mol. The van der Waals surface area contributed by atoms with Crippen molar-refractivity contribution in [3.63, 3.8) is 0 Å². The van der Waals surface area contributed by atoms with Gasteiger partial charge >= 0.3 is 5.97 Å². The Kier molecular flexibility index (Phi) is 7.43. The van der Waals surface area contributed by atoms with Crippen molar-refractivity contribution in [2.75, 3.05) is 18.5 Å². The molecule has 0 aromatic heterocycles. The number of ether oxygens (including phenoxy) is 2. The Hall–Kier alpha value is -3.08. The number of hydrogen-bond acceptors (Lipinski definition) is 4. The molecule has 0 atom stereocenters. The van der Waals surface area contributed by atoms with Crippen LogP contribution >= 0.6 is 0 Å². The first-order chi connectivity index (χ1) is 12.6. The van der Waals surface area contributed by atoms with Crippen molar-refractivity contribution in [2.45, 2.75) is 20.3 Å². The fraction of sp³-hybridized carbons (Fsp3) is 0.238. The number of nitrogens with one attached hydrogen (secondary N) is 1. The third-order valence-electron chi connectivity index (χ3n) is 3.46. The lowest BCUT2D eigenvalue weighted by Gasteiger charge is -2.08. The first-order valence-electron chi connectivity index (χ1n) is 8.62. The monoisotopic (exact) mass is 353 g/mol. The average molecular weight is 353 g/mol. The van der Waals surface area contributed by atoms with Crippen molar-refractivity contribution < 1.29 is 19.1 Å². The zero-order chi connectivity index (χ0) is 18.8. The topological polar surface area (TPSA) is 64.6 Å². The van der Waals surface area contributed by atoms with Gasteiger partial charge in [-0.3, -0.25) is 4.79 Å². The second kappa shape index (κ2) is 10.0. The molecule has 0 heterocycles. The summed E-state index contributed by atoms with van der Waals surface area (Å²) in [4.78, 5) is 24.1. The number of anilines is 1. The Morgan fingerprint density at radius 3 is 2.46 bits per heavy atom. The molecule has 0 saturated carbocycles. The average Bonchev–Trinajstić information content (AvgIpc) is 2.66. The van der Waals surface area contributed by atoms with E-state index >= 15 is 0 Å². The molecule has 0 spiro atoms. The largest absolute Gasteiger partial charge is 0.494 e. The van der Waals surface area contributed by atoms with Gasteiger partial charge in [0.15, 0.2) is 0 Å². The summed E-state index contributed by atoms with van der Waals surface area (Å²) in [5.74, 6) is 0.0138. The summed E-state index contributed by atoms with van der Waals surface area (Å²) in [6.07, 6.45) is 4.07. The van der Waals surface area contributed by atoms with Crippen LogP contribution in [0, 0.1) is 0 Å². The van der Waals surface area contributed by atoms with E-state index in [4.69, 9.17) is 9.47 Å². The summed E-state index contributed by atoms with van der Waals surface area (Å²) in [6.45, 7) is 4.74. The molecular formula is C21H23NO4. The Bertz CT molecular complexity index is 766. The highest BCUT2D eigenvalue weighted by Gasteiger charge is 2.12. The third-order valence-corrected chi connectivity index (χ3v) is 3.46. The van der Waals surface area contributed by atoms with Crippen molar-refractivity contribution in [3.05, 3.63) is 65.7 Å². The van der Waals surface area contributed by atoms with E-state index in [2.05, 4.69) is 12.2 Å². The molecule has 1 amide bonds. The van der Waals surface area contributed by atoms with Crippen molar-refractivity contribution in [1.29, 1.82) is 0 Å². The fourth-order valence-electron chi connectivity index (χ4n) is 2.22. The van der Waals surface area contributed by atoms with E-state index in [1.165, 1.54) is 6.08 Å². The van der Waals surface area contributed by atoms with Crippen molar-refractivity contribution in [1.82, 2.24) is 0 Å². The van der Waals surface area contributed by atoms with Crippen LogP contribution in [-0.2, 0) is 9.53 Å². The van der Waals surface area contributed by atoms with E-state index in [1.807, 2.05) is 24.3 Å². The standard InChI is InChI=1S/C21H23NO4/c1-3-15-26-17-12-9-16(10-13-17)11-14-20(23)22-19-8-6-5-7-18(19)21(24)25-4-2/h5-14H,3-4,15H2,1-2H3,(H,22,23). The smallest absolute Gasteiger partial charge is 0.340 e. The Labute approximate surface area is 153 Å². The summed E-state index contributed by atoms with van der Waals surface area (Å²) in [5, 5.41) is 2.71. The van der Waals surface area contributed by atoms with Crippen LogP contribution in [0.5, 0.6) is 5.75 Å². The van der Waals surface area contributed by atoms with Gasteiger partial charge in [0.05, 0.1) is 24.5 Å². The summed E-state index contributed by atoms with van der Waals surface area (Å²) < 4.78 is 10.5. The maximum Gasteiger partial charge on any atom is 0.340 e. The van der Waals surface area contributed by atoms with E-state index < -0.39 is 5.97 Å². The predicted octanol–water partition coefficient (Wildman–Crippen LogP) is 4.30. The van der Waals surface area contributed by atoms with E-state index in [-0.39, 0.29) is 12.5 Å². The van der Waals surface area contributed by atoms with Gasteiger partial charge in [0.2, 0.25) is 5.91 Å². The minimum absolute atomic E-state index is 0.277. The molecule has 0 radical (unpaired) electrons. The maximum absolute atomic E-state index is 12.2. The molecule has 2 rings (SSSR count). The molecule has 0 aliphatic rings. The third kappa shape index (κ3) is 5.77. The number of carbonyl (C=O) groups is 2. The SMILES string of the molecule is CCCOc1ccc(C=CC(=O)Nc2ccccc2C(=O)OCC)cc1. The molecular weight excluding hydrogens is 330 g/mol. The van der Waals surface area contributed by atoms with Gasteiger partial charge in [-0.1, -0.05) is 31.2 Å². The zero-order valence-electron chi connectivity index (χ0n) is 15.0. The number of esters is 1. The molecule has 26 heavy (non-hydrogen) atoms. The van der Waals surface area contributed by atoms with Gasteiger partial charge in [-0.2, -0.15) is 0 Å². The van der Waals surface area contributed by atoms with Gasteiger partial charge in [0.25, 0.3) is 0 Å². The van der Waals surface area contributed by atoms with Gasteiger partial charge in [-0.05, 0) is 49.2 Å². The second-order valence-electron chi connectivity index (χ2n) is 5.51. The van der Waals surface area contributed by atoms with E-state index in [0.717, 1.165) is 17.7 Å². The fourth-order valence-corrected chi connectivity index (χ4v) is 2.22. The first kappa shape index (κ1) is 19.2. The summed E-state index contributed by atoms with van der Waals surface area (Å²) in [6, 6.07) is 14.2. The second-order valence-corrected chi connectivity index (χ2v) is 5.51. The van der Waals surface area contributed by atoms with Crippen LogP contribution in [0.3, 0.4) is 0 Å². The summed E-state index contributed by atoms with van der Waals surface area (Å²) in [7, 11) is 0.